The summed E-state index contributed by atoms with van der Waals surface area (Å²) in [6.07, 6.45) is 2.63. The Bertz CT molecular complexity index is 376. The van der Waals surface area contributed by atoms with Crippen LogP contribution in [0.5, 0.6) is 0 Å². The summed E-state index contributed by atoms with van der Waals surface area (Å²) in [7, 11) is 0. The van der Waals surface area contributed by atoms with Crippen molar-refractivity contribution < 1.29 is 9.90 Å². The van der Waals surface area contributed by atoms with Gasteiger partial charge in [-0.1, -0.05) is 57.5 Å². The molecule has 3 heteroatoms. The molecule has 0 bridgehead atoms. The van der Waals surface area contributed by atoms with Crippen molar-refractivity contribution in [2.45, 2.75) is 52.1 Å². The van der Waals surface area contributed by atoms with Gasteiger partial charge < -0.3 is 5.11 Å². The second kappa shape index (κ2) is 7.95. The van der Waals surface area contributed by atoms with E-state index in [2.05, 4.69) is 38.2 Å². The van der Waals surface area contributed by atoms with Crippen LogP contribution in [-0.4, -0.2) is 17.1 Å². The molecule has 0 aliphatic heterocycles. The lowest BCUT2D eigenvalue weighted by Crippen LogP contribution is -2.40. The van der Waals surface area contributed by atoms with E-state index in [1.165, 1.54) is 5.56 Å². The average molecular weight is 263 g/mol. The molecule has 0 saturated heterocycles. The fourth-order valence-electron chi connectivity index (χ4n) is 2.27. The minimum absolute atomic E-state index is 0.117. The molecular weight excluding hydrogens is 238 g/mol. The van der Waals surface area contributed by atoms with Crippen molar-refractivity contribution in [2.75, 3.05) is 0 Å². The number of hydrogen-bond acceptors (Lipinski definition) is 2. The summed E-state index contributed by atoms with van der Waals surface area (Å²) in [5.41, 5.74) is 1.17. The summed E-state index contributed by atoms with van der Waals surface area (Å²) >= 11 is 0. The fraction of sp³-hybridized carbons (Fsp3) is 0.562. The summed E-state index contributed by atoms with van der Waals surface area (Å²) in [6.45, 7) is 6.22. The molecule has 0 heterocycles. The van der Waals surface area contributed by atoms with Gasteiger partial charge in [-0.3, -0.25) is 10.1 Å². The summed E-state index contributed by atoms with van der Waals surface area (Å²) in [6, 6.07) is 9.73. The molecule has 2 unspecified atom stereocenters. The lowest BCUT2D eigenvalue weighted by Gasteiger charge is -2.24. The first kappa shape index (κ1) is 15.7. The Kier molecular flexibility index (Phi) is 6.57. The smallest absolute Gasteiger partial charge is 0.320 e. The number of carboxylic acids is 1. The molecule has 1 aromatic rings. The number of carboxylic acid groups (broad SMARTS) is 1. The van der Waals surface area contributed by atoms with Crippen LogP contribution in [-0.2, 0) is 4.79 Å². The summed E-state index contributed by atoms with van der Waals surface area (Å²) in [4.78, 5) is 11.3. The van der Waals surface area contributed by atoms with Gasteiger partial charge in [-0.2, -0.15) is 0 Å². The molecule has 0 amide bonds. The second-order valence-electron chi connectivity index (χ2n) is 5.44. The number of rotatable bonds is 8. The predicted molar refractivity (Wildman–Crippen MR) is 78.1 cm³/mol. The molecule has 0 aliphatic carbocycles. The molecule has 2 N–H and O–H groups in total. The molecule has 106 valence electrons. The zero-order valence-corrected chi connectivity index (χ0v) is 12.1. The molecular formula is C16H25NO2. The number of nitrogens with one attached hydrogen (secondary N) is 1. The van der Waals surface area contributed by atoms with Gasteiger partial charge in [-0.25, -0.2) is 0 Å². The largest absolute Gasteiger partial charge is 0.480 e. The van der Waals surface area contributed by atoms with Gasteiger partial charge in [0.2, 0.25) is 0 Å². The van der Waals surface area contributed by atoms with E-state index in [0.29, 0.717) is 12.3 Å². The molecule has 0 radical (unpaired) electrons. The van der Waals surface area contributed by atoms with Crippen LogP contribution in [0.25, 0.3) is 0 Å². The highest BCUT2D eigenvalue weighted by molar-refractivity contribution is 5.73. The van der Waals surface area contributed by atoms with E-state index in [9.17, 15) is 9.90 Å². The highest BCUT2D eigenvalue weighted by Gasteiger charge is 2.22. The molecule has 0 spiro atoms. The first-order valence-corrected chi connectivity index (χ1v) is 7.08. The van der Waals surface area contributed by atoms with Crippen molar-refractivity contribution in [2.24, 2.45) is 5.92 Å². The van der Waals surface area contributed by atoms with Crippen LogP contribution in [0.3, 0.4) is 0 Å². The fourth-order valence-corrected chi connectivity index (χ4v) is 2.27. The van der Waals surface area contributed by atoms with Gasteiger partial charge in [-0.15, -0.1) is 0 Å². The molecule has 3 nitrogen and oxygen atoms in total. The van der Waals surface area contributed by atoms with E-state index in [-0.39, 0.29) is 6.04 Å². The van der Waals surface area contributed by atoms with Crippen LogP contribution in [0, 0.1) is 5.92 Å². The normalized spacial score (nSPS) is 14.3. The van der Waals surface area contributed by atoms with E-state index >= 15 is 0 Å². The third-order valence-electron chi connectivity index (χ3n) is 3.19. The van der Waals surface area contributed by atoms with Gasteiger partial charge in [0.05, 0.1) is 0 Å². The number of aliphatic carboxylic acids is 1. The Morgan fingerprint density at radius 2 is 1.89 bits per heavy atom. The third-order valence-corrected chi connectivity index (χ3v) is 3.19. The quantitative estimate of drug-likeness (QED) is 0.753. The molecule has 0 aromatic heterocycles. The Morgan fingerprint density at radius 3 is 2.37 bits per heavy atom. The van der Waals surface area contributed by atoms with Crippen molar-refractivity contribution in [1.82, 2.24) is 5.32 Å². The van der Waals surface area contributed by atoms with Crippen molar-refractivity contribution in [3.05, 3.63) is 35.9 Å². The molecule has 0 fully saturated rings. The van der Waals surface area contributed by atoms with Gasteiger partial charge in [0.15, 0.2) is 0 Å². The summed E-state index contributed by atoms with van der Waals surface area (Å²) in [5.74, 6) is -0.391. The Morgan fingerprint density at radius 1 is 1.26 bits per heavy atom. The van der Waals surface area contributed by atoms with Crippen LogP contribution in [0.1, 0.15) is 51.6 Å². The highest BCUT2D eigenvalue weighted by atomic mass is 16.4. The third kappa shape index (κ3) is 5.43. The zero-order chi connectivity index (χ0) is 14.3. The van der Waals surface area contributed by atoms with Crippen LogP contribution < -0.4 is 5.32 Å². The molecule has 0 aliphatic rings. The molecule has 1 rings (SSSR count). The van der Waals surface area contributed by atoms with Crippen LogP contribution >= 0.6 is 0 Å². The first-order valence-electron chi connectivity index (χ1n) is 7.08. The average Bonchev–Trinajstić information content (AvgIpc) is 2.37. The number of carbonyl (C=O) groups is 1. The molecule has 19 heavy (non-hydrogen) atoms. The summed E-state index contributed by atoms with van der Waals surface area (Å²) in [5, 5.41) is 12.6. The van der Waals surface area contributed by atoms with Gasteiger partial charge >= 0.3 is 5.97 Å². The van der Waals surface area contributed by atoms with Crippen molar-refractivity contribution in [3.8, 4) is 0 Å². The SMILES string of the molecule is CCCC(NC(CC(C)C)C(=O)O)c1ccccc1. The maximum absolute atomic E-state index is 11.3. The standard InChI is InChI=1S/C16H25NO2/c1-4-8-14(13-9-6-5-7-10-13)17-15(16(18)19)11-12(2)3/h5-7,9-10,12,14-15,17H,4,8,11H2,1-3H3,(H,18,19). The highest BCUT2D eigenvalue weighted by Crippen LogP contribution is 2.20. The minimum Gasteiger partial charge on any atom is -0.480 e. The van der Waals surface area contributed by atoms with E-state index in [0.717, 1.165) is 12.8 Å². The monoisotopic (exact) mass is 263 g/mol. The molecule has 2 atom stereocenters. The van der Waals surface area contributed by atoms with Crippen molar-refractivity contribution >= 4 is 5.97 Å². The van der Waals surface area contributed by atoms with E-state index < -0.39 is 12.0 Å². The maximum Gasteiger partial charge on any atom is 0.320 e. The molecule has 0 saturated carbocycles. The summed E-state index contributed by atoms with van der Waals surface area (Å²) < 4.78 is 0. The number of hydrogen-bond donors (Lipinski definition) is 2. The van der Waals surface area contributed by atoms with Crippen LogP contribution in [0.2, 0.25) is 0 Å². The minimum atomic E-state index is -0.759. The topological polar surface area (TPSA) is 49.3 Å². The Balaban J connectivity index is 2.78. The predicted octanol–water partition coefficient (Wildman–Crippen LogP) is 3.62. The second-order valence-corrected chi connectivity index (χ2v) is 5.44. The van der Waals surface area contributed by atoms with E-state index in [1.54, 1.807) is 0 Å². The van der Waals surface area contributed by atoms with Crippen LogP contribution in [0.15, 0.2) is 30.3 Å². The van der Waals surface area contributed by atoms with Crippen molar-refractivity contribution in [3.63, 3.8) is 0 Å². The van der Waals surface area contributed by atoms with Crippen LogP contribution in [0.4, 0.5) is 0 Å². The lowest BCUT2D eigenvalue weighted by atomic mass is 9.98. The van der Waals surface area contributed by atoms with Gasteiger partial charge in [0.1, 0.15) is 6.04 Å². The first-order chi connectivity index (χ1) is 9.04. The zero-order valence-electron chi connectivity index (χ0n) is 12.1. The number of benzene rings is 1. The van der Waals surface area contributed by atoms with Gasteiger partial charge in [0.25, 0.3) is 0 Å². The Labute approximate surface area is 116 Å². The maximum atomic E-state index is 11.3. The van der Waals surface area contributed by atoms with Gasteiger partial charge in [0, 0.05) is 6.04 Å². The van der Waals surface area contributed by atoms with E-state index in [1.807, 2.05) is 18.2 Å². The Hall–Kier alpha value is -1.35. The van der Waals surface area contributed by atoms with Gasteiger partial charge in [-0.05, 0) is 24.3 Å². The molecule has 1 aromatic carbocycles. The lowest BCUT2D eigenvalue weighted by molar-refractivity contribution is -0.140. The van der Waals surface area contributed by atoms with E-state index in [4.69, 9.17) is 0 Å². The van der Waals surface area contributed by atoms with Crippen molar-refractivity contribution in [1.29, 1.82) is 0 Å².